The number of carbonyl (C=O) groups excluding carboxylic acids is 2. The van der Waals surface area contributed by atoms with Crippen LogP contribution in [0.25, 0.3) is 11.1 Å². The minimum atomic E-state index is -0.569. The third-order valence-corrected chi connectivity index (χ3v) is 2.84. The summed E-state index contributed by atoms with van der Waals surface area (Å²) < 4.78 is 16.6. The molecule has 2 aromatic heterocycles. The first-order valence-electron chi connectivity index (χ1n) is 6.09. The van der Waals surface area contributed by atoms with Crippen molar-refractivity contribution in [2.24, 2.45) is 7.05 Å². The average Bonchev–Trinajstić information content (AvgIpc) is 3.00. The Hall–Kier alpha value is -2.28. The van der Waals surface area contributed by atoms with Crippen LogP contribution in [0.3, 0.4) is 0 Å². The van der Waals surface area contributed by atoms with Crippen molar-refractivity contribution in [3.8, 4) is 0 Å². The molecule has 7 nitrogen and oxygen atoms in total. The molecule has 0 bridgehead atoms. The predicted molar refractivity (Wildman–Crippen MR) is 70.4 cm³/mol. The molecule has 0 saturated heterocycles. The molecule has 2 aromatic rings. The Balaban J connectivity index is 1.90. The van der Waals surface area contributed by atoms with Gasteiger partial charge in [0.2, 0.25) is 0 Å². The van der Waals surface area contributed by atoms with Crippen LogP contribution in [0.4, 0.5) is 0 Å². The number of rotatable bonds is 6. The molecule has 0 atom stereocenters. The van der Waals surface area contributed by atoms with Crippen LogP contribution < -0.4 is 5.32 Å². The van der Waals surface area contributed by atoms with Gasteiger partial charge in [0, 0.05) is 32.8 Å². The summed E-state index contributed by atoms with van der Waals surface area (Å²) in [5.74, 6) is -0.936. The number of nitrogens with zero attached hydrogens (tertiary/aromatic N) is 1. The van der Waals surface area contributed by atoms with Crippen molar-refractivity contribution in [3.63, 3.8) is 0 Å². The number of hydrogen-bond acceptors (Lipinski definition) is 5. The quantitative estimate of drug-likeness (QED) is 0.622. The molecule has 0 aliphatic carbocycles. The zero-order valence-electron chi connectivity index (χ0n) is 11.3. The van der Waals surface area contributed by atoms with Crippen molar-refractivity contribution >= 4 is 23.0 Å². The van der Waals surface area contributed by atoms with E-state index in [4.69, 9.17) is 13.9 Å². The Morgan fingerprint density at radius 1 is 1.45 bits per heavy atom. The van der Waals surface area contributed by atoms with Gasteiger partial charge >= 0.3 is 5.97 Å². The van der Waals surface area contributed by atoms with Crippen LogP contribution in [0, 0.1) is 0 Å². The lowest BCUT2D eigenvalue weighted by molar-refractivity contribution is -0.124. The van der Waals surface area contributed by atoms with Gasteiger partial charge in [0.05, 0.1) is 18.4 Å². The fraction of sp³-hybridized carbons (Fsp3) is 0.385. The topological polar surface area (TPSA) is 82.7 Å². The van der Waals surface area contributed by atoms with Crippen molar-refractivity contribution in [1.82, 2.24) is 9.88 Å². The molecule has 0 aliphatic rings. The van der Waals surface area contributed by atoms with Gasteiger partial charge in [0.1, 0.15) is 5.69 Å². The summed E-state index contributed by atoms with van der Waals surface area (Å²) in [7, 11) is 3.27. The fourth-order valence-corrected chi connectivity index (χ4v) is 1.79. The minimum Gasteiger partial charge on any atom is -0.463 e. The predicted octanol–water partition coefficient (Wildman–Crippen LogP) is 0.691. The Kier molecular flexibility index (Phi) is 4.41. The van der Waals surface area contributed by atoms with Gasteiger partial charge in [-0.25, -0.2) is 4.79 Å². The molecular formula is C13H16N2O5. The molecule has 0 spiro atoms. The molecule has 0 saturated carbocycles. The zero-order chi connectivity index (χ0) is 14.5. The van der Waals surface area contributed by atoms with Gasteiger partial charge in [-0.2, -0.15) is 0 Å². The highest BCUT2D eigenvalue weighted by Gasteiger charge is 2.17. The molecule has 0 fully saturated rings. The number of carbonyl (C=O) groups is 2. The number of ether oxygens (including phenoxy) is 2. The summed E-state index contributed by atoms with van der Waals surface area (Å²) in [6, 6.07) is 3.34. The van der Waals surface area contributed by atoms with Crippen LogP contribution >= 0.6 is 0 Å². The Morgan fingerprint density at radius 3 is 2.95 bits per heavy atom. The van der Waals surface area contributed by atoms with Crippen LogP contribution in [0.5, 0.6) is 0 Å². The van der Waals surface area contributed by atoms with Crippen molar-refractivity contribution < 1.29 is 23.5 Å². The number of aryl methyl sites for hydroxylation is 1. The molecule has 0 aromatic carbocycles. The maximum Gasteiger partial charge on any atom is 0.355 e. The number of esters is 1. The molecule has 0 unspecified atom stereocenters. The minimum absolute atomic E-state index is 0.324. The second-order valence-electron chi connectivity index (χ2n) is 4.18. The van der Waals surface area contributed by atoms with Gasteiger partial charge in [0.25, 0.3) is 5.91 Å². The van der Waals surface area contributed by atoms with Gasteiger partial charge in [-0.3, -0.25) is 4.79 Å². The molecule has 20 heavy (non-hydrogen) atoms. The summed E-state index contributed by atoms with van der Waals surface area (Å²) in [6.45, 7) is 0.465. The maximum atomic E-state index is 11.9. The van der Waals surface area contributed by atoms with E-state index in [0.717, 1.165) is 5.52 Å². The van der Waals surface area contributed by atoms with Gasteiger partial charge in [-0.1, -0.05) is 0 Å². The first kappa shape index (κ1) is 14.1. The average molecular weight is 280 g/mol. The summed E-state index contributed by atoms with van der Waals surface area (Å²) in [5.41, 5.74) is 1.73. The number of methoxy groups -OCH3 is 1. The first-order valence-corrected chi connectivity index (χ1v) is 6.09. The lowest BCUT2D eigenvalue weighted by Crippen LogP contribution is -2.31. The largest absolute Gasteiger partial charge is 0.463 e. The van der Waals surface area contributed by atoms with E-state index >= 15 is 0 Å². The van der Waals surface area contributed by atoms with Crippen LogP contribution in [0.15, 0.2) is 22.8 Å². The van der Waals surface area contributed by atoms with Gasteiger partial charge in [-0.05, 0) is 0 Å². The molecule has 2 heterocycles. The smallest absolute Gasteiger partial charge is 0.355 e. The van der Waals surface area contributed by atoms with E-state index in [1.807, 2.05) is 0 Å². The number of hydrogen-bond donors (Lipinski definition) is 1. The number of fused-ring (bicyclic) bond motifs is 1. The molecule has 7 heteroatoms. The number of aromatic nitrogens is 1. The lowest BCUT2D eigenvalue weighted by atomic mass is 10.4. The molecule has 108 valence electrons. The van der Waals surface area contributed by atoms with E-state index in [1.165, 1.54) is 7.11 Å². The van der Waals surface area contributed by atoms with Crippen molar-refractivity contribution in [2.45, 2.75) is 0 Å². The van der Waals surface area contributed by atoms with Crippen LogP contribution in [-0.2, 0) is 21.3 Å². The second kappa shape index (κ2) is 6.25. The third-order valence-electron chi connectivity index (χ3n) is 2.84. The summed E-state index contributed by atoms with van der Waals surface area (Å²) >= 11 is 0. The van der Waals surface area contributed by atoms with Crippen LogP contribution in [0.2, 0.25) is 0 Å². The molecule has 0 aliphatic heterocycles. The highest BCUT2D eigenvalue weighted by molar-refractivity contribution is 5.95. The Bertz CT molecular complexity index is 613. The van der Waals surface area contributed by atoms with Gasteiger partial charge in [0.15, 0.2) is 12.2 Å². The summed E-state index contributed by atoms with van der Waals surface area (Å²) in [4.78, 5) is 23.3. The van der Waals surface area contributed by atoms with Gasteiger partial charge < -0.3 is 23.8 Å². The molecule has 2 rings (SSSR count). The summed E-state index contributed by atoms with van der Waals surface area (Å²) in [6.07, 6.45) is 1.54. The zero-order valence-corrected chi connectivity index (χ0v) is 11.3. The molecule has 1 amide bonds. The van der Waals surface area contributed by atoms with E-state index in [9.17, 15) is 9.59 Å². The normalized spacial score (nSPS) is 10.7. The Morgan fingerprint density at radius 2 is 2.25 bits per heavy atom. The van der Waals surface area contributed by atoms with Crippen LogP contribution in [-0.4, -0.2) is 43.3 Å². The van der Waals surface area contributed by atoms with E-state index in [2.05, 4.69) is 5.32 Å². The lowest BCUT2D eigenvalue weighted by Gasteiger charge is -2.06. The molecular weight excluding hydrogens is 264 g/mol. The van der Waals surface area contributed by atoms with E-state index in [1.54, 1.807) is 30.0 Å². The standard InChI is InChI=1S/C13H16N2O5/c1-15-9-3-5-19-11(9)7-10(15)13(17)20-8-12(16)14-4-6-18-2/h3,5,7H,4,6,8H2,1-2H3,(H,14,16). The second-order valence-corrected chi connectivity index (χ2v) is 4.18. The molecule has 0 radical (unpaired) electrons. The van der Waals surface area contributed by atoms with Crippen molar-refractivity contribution in [1.29, 1.82) is 0 Å². The maximum absolute atomic E-state index is 11.9. The molecule has 1 N–H and O–H groups in total. The van der Waals surface area contributed by atoms with E-state index < -0.39 is 5.97 Å². The number of furan rings is 1. The fourth-order valence-electron chi connectivity index (χ4n) is 1.79. The van der Waals surface area contributed by atoms with Gasteiger partial charge in [-0.15, -0.1) is 0 Å². The SMILES string of the molecule is COCCNC(=O)COC(=O)c1cc2occc2n1C. The first-order chi connectivity index (χ1) is 9.63. The summed E-state index contributed by atoms with van der Waals surface area (Å²) in [5, 5.41) is 2.56. The van der Waals surface area contributed by atoms with E-state index in [0.29, 0.717) is 24.4 Å². The van der Waals surface area contributed by atoms with E-state index in [-0.39, 0.29) is 12.5 Å². The highest BCUT2D eigenvalue weighted by atomic mass is 16.5. The number of amides is 1. The van der Waals surface area contributed by atoms with Crippen molar-refractivity contribution in [3.05, 3.63) is 24.1 Å². The van der Waals surface area contributed by atoms with Crippen molar-refractivity contribution in [2.75, 3.05) is 26.9 Å². The third kappa shape index (κ3) is 3.00. The van der Waals surface area contributed by atoms with Crippen LogP contribution in [0.1, 0.15) is 10.5 Å². The number of nitrogens with one attached hydrogen (secondary N) is 1. The highest BCUT2D eigenvalue weighted by Crippen LogP contribution is 2.19. The monoisotopic (exact) mass is 280 g/mol. The Labute approximate surface area is 115 Å².